The van der Waals surface area contributed by atoms with Gasteiger partial charge in [-0.3, -0.25) is 9.59 Å². The van der Waals surface area contributed by atoms with Gasteiger partial charge >= 0.3 is 5.97 Å². The Morgan fingerprint density at radius 2 is 1.52 bits per heavy atom. The van der Waals surface area contributed by atoms with Gasteiger partial charge in [0.25, 0.3) is 5.91 Å². The van der Waals surface area contributed by atoms with E-state index in [-0.39, 0.29) is 11.9 Å². The van der Waals surface area contributed by atoms with E-state index in [1.807, 2.05) is 4.90 Å². The van der Waals surface area contributed by atoms with E-state index in [0.29, 0.717) is 11.3 Å². The van der Waals surface area contributed by atoms with Gasteiger partial charge in [-0.1, -0.05) is 26.7 Å². The monoisotopic (exact) mass is 291 g/mol. The number of esters is 1. The molecule has 0 N–H and O–H groups in total. The minimum atomic E-state index is -0.360. The molecule has 1 amide bonds. The van der Waals surface area contributed by atoms with Gasteiger partial charge in [-0.25, -0.2) is 0 Å². The molecule has 1 aromatic carbocycles. The SMILES string of the molecule is CCCCN(CCCC)C(=O)c1ccc(OC(C)=O)cc1. The smallest absolute Gasteiger partial charge is 0.308 e. The normalized spacial score (nSPS) is 10.2. The van der Waals surface area contributed by atoms with E-state index >= 15 is 0 Å². The molecule has 1 rings (SSSR count). The summed E-state index contributed by atoms with van der Waals surface area (Å²) in [5, 5.41) is 0. The molecule has 0 aliphatic carbocycles. The molecule has 0 radical (unpaired) electrons. The summed E-state index contributed by atoms with van der Waals surface area (Å²) >= 11 is 0. The van der Waals surface area contributed by atoms with Crippen molar-refractivity contribution in [1.29, 1.82) is 0 Å². The van der Waals surface area contributed by atoms with Gasteiger partial charge in [0.15, 0.2) is 0 Å². The standard InChI is InChI=1S/C17H25NO3/c1-4-6-12-18(13-7-5-2)17(20)15-8-10-16(11-9-15)21-14(3)19/h8-11H,4-7,12-13H2,1-3H3. The van der Waals surface area contributed by atoms with Crippen molar-refractivity contribution in [2.24, 2.45) is 0 Å². The van der Waals surface area contributed by atoms with Crippen LogP contribution in [0.1, 0.15) is 56.8 Å². The Labute approximate surface area is 127 Å². The Balaban J connectivity index is 2.74. The lowest BCUT2D eigenvalue weighted by molar-refractivity contribution is -0.131. The number of ether oxygens (including phenoxy) is 1. The first-order valence-corrected chi connectivity index (χ1v) is 7.66. The maximum absolute atomic E-state index is 12.5. The Hall–Kier alpha value is -1.84. The van der Waals surface area contributed by atoms with Crippen LogP contribution in [-0.4, -0.2) is 29.9 Å². The molecule has 0 aliphatic rings. The molecular formula is C17H25NO3. The molecule has 21 heavy (non-hydrogen) atoms. The molecule has 0 fully saturated rings. The number of hydrogen-bond donors (Lipinski definition) is 0. The summed E-state index contributed by atoms with van der Waals surface area (Å²) in [4.78, 5) is 25.3. The first-order valence-electron chi connectivity index (χ1n) is 7.66. The number of amides is 1. The predicted molar refractivity (Wildman–Crippen MR) is 83.5 cm³/mol. The maximum Gasteiger partial charge on any atom is 0.308 e. The van der Waals surface area contributed by atoms with Crippen LogP contribution in [0.4, 0.5) is 0 Å². The van der Waals surface area contributed by atoms with Crippen LogP contribution in [0.5, 0.6) is 5.75 Å². The van der Waals surface area contributed by atoms with Crippen molar-refractivity contribution >= 4 is 11.9 Å². The van der Waals surface area contributed by atoms with Gasteiger partial charge in [-0.2, -0.15) is 0 Å². The minimum absolute atomic E-state index is 0.0475. The molecule has 0 bridgehead atoms. The summed E-state index contributed by atoms with van der Waals surface area (Å²) in [5.41, 5.74) is 0.637. The largest absolute Gasteiger partial charge is 0.427 e. The van der Waals surface area contributed by atoms with Gasteiger partial charge in [0.1, 0.15) is 5.75 Å². The highest BCUT2D eigenvalue weighted by Gasteiger charge is 2.14. The Morgan fingerprint density at radius 1 is 1.00 bits per heavy atom. The van der Waals surface area contributed by atoms with Crippen molar-refractivity contribution < 1.29 is 14.3 Å². The molecule has 0 spiro atoms. The summed E-state index contributed by atoms with van der Waals surface area (Å²) < 4.78 is 4.98. The van der Waals surface area contributed by atoms with Gasteiger partial charge in [-0.15, -0.1) is 0 Å². The van der Waals surface area contributed by atoms with E-state index in [2.05, 4.69) is 13.8 Å². The van der Waals surface area contributed by atoms with Crippen molar-refractivity contribution in [2.75, 3.05) is 13.1 Å². The second kappa shape index (κ2) is 9.16. The van der Waals surface area contributed by atoms with Crippen LogP contribution < -0.4 is 4.74 Å². The molecule has 0 unspecified atom stereocenters. The number of hydrogen-bond acceptors (Lipinski definition) is 3. The number of nitrogens with zero attached hydrogens (tertiary/aromatic N) is 1. The lowest BCUT2D eigenvalue weighted by Gasteiger charge is -2.22. The molecule has 0 atom stereocenters. The zero-order valence-corrected chi connectivity index (χ0v) is 13.2. The Bertz CT molecular complexity index is 446. The van der Waals surface area contributed by atoms with Crippen molar-refractivity contribution in [1.82, 2.24) is 4.90 Å². The van der Waals surface area contributed by atoms with E-state index in [9.17, 15) is 9.59 Å². The molecule has 4 heteroatoms. The highest BCUT2D eigenvalue weighted by atomic mass is 16.5. The molecule has 0 aliphatic heterocycles. The van der Waals surface area contributed by atoms with E-state index < -0.39 is 0 Å². The fourth-order valence-corrected chi connectivity index (χ4v) is 2.03. The minimum Gasteiger partial charge on any atom is -0.427 e. The van der Waals surface area contributed by atoms with Gasteiger partial charge in [0, 0.05) is 25.6 Å². The quantitative estimate of drug-likeness (QED) is 0.542. The fourth-order valence-electron chi connectivity index (χ4n) is 2.03. The first-order chi connectivity index (χ1) is 10.1. The van der Waals surface area contributed by atoms with Crippen LogP contribution in [-0.2, 0) is 4.79 Å². The number of rotatable bonds is 8. The highest BCUT2D eigenvalue weighted by Crippen LogP contribution is 2.15. The summed E-state index contributed by atoms with van der Waals surface area (Å²) in [6.07, 6.45) is 4.17. The number of carbonyl (C=O) groups is 2. The summed E-state index contributed by atoms with van der Waals surface area (Å²) in [6, 6.07) is 6.75. The van der Waals surface area contributed by atoms with Crippen molar-refractivity contribution in [2.45, 2.75) is 46.5 Å². The molecule has 0 aromatic heterocycles. The average molecular weight is 291 g/mol. The third-order valence-corrected chi connectivity index (χ3v) is 3.21. The molecule has 4 nitrogen and oxygen atoms in total. The third-order valence-electron chi connectivity index (χ3n) is 3.21. The molecule has 0 saturated heterocycles. The maximum atomic E-state index is 12.5. The molecule has 0 saturated carbocycles. The van der Waals surface area contributed by atoms with Crippen LogP contribution in [0.2, 0.25) is 0 Å². The molecular weight excluding hydrogens is 266 g/mol. The van der Waals surface area contributed by atoms with Gasteiger partial charge in [0.05, 0.1) is 0 Å². The second-order valence-electron chi connectivity index (χ2n) is 5.12. The Kier molecular flexibility index (Phi) is 7.51. The lowest BCUT2D eigenvalue weighted by Crippen LogP contribution is -2.32. The predicted octanol–water partition coefficient (Wildman–Crippen LogP) is 3.65. The van der Waals surface area contributed by atoms with E-state index in [4.69, 9.17) is 4.74 Å². The van der Waals surface area contributed by atoms with Crippen molar-refractivity contribution in [3.63, 3.8) is 0 Å². The third kappa shape index (κ3) is 5.98. The second-order valence-corrected chi connectivity index (χ2v) is 5.12. The molecule has 116 valence electrons. The van der Waals surface area contributed by atoms with E-state index in [1.54, 1.807) is 24.3 Å². The lowest BCUT2D eigenvalue weighted by atomic mass is 10.1. The summed E-state index contributed by atoms with van der Waals surface area (Å²) in [6.45, 7) is 7.19. The fraction of sp³-hybridized carbons (Fsp3) is 0.529. The highest BCUT2D eigenvalue weighted by molar-refractivity contribution is 5.94. The number of unbranched alkanes of at least 4 members (excludes halogenated alkanes) is 2. The van der Waals surface area contributed by atoms with E-state index in [0.717, 1.165) is 38.8 Å². The van der Waals surface area contributed by atoms with Crippen LogP contribution in [0.25, 0.3) is 0 Å². The van der Waals surface area contributed by atoms with Crippen LogP contribution >= 0.6 is 0 Å². The van der Waals surface area contributed by atoms with Gasteiger partial charge in [-0.05, 0) is 37.1 Å². The molecule has 0 heterocycles. The average Bonchev–Trinajstić information content (AvgIpc) is 2.47. The Morgan fingerprint density at radius 3 is 1.95 bits per heavy atom. The zero-order valence-electron chi connectivity index (χ0n) is 13.2. The topological polar surface area (TPSA) is 46.6 Å². The van der Waals surface area contributed by atoms with Crippen LogP contribution in [0, 0.1) is 0 Å². The molecule has 1 aromatic rings. The van der Waals surface area contributed by atoms with Gasteiger partial charge in [0.2, 0.25) is 0 Å². The number of carbonyl (C=O) groups excluding carboxylic acids is 2. The van der Waals surface area contributed by atoms with Crippen LogP contribution in [0.3, 0.4) is 0 Å². The summed E-state index contributed by atoms with van der Waals surface area (Å²) in [7, 11) is 0. The zero-order chi connectivity index (χ0) is 15.7. The summed E-state index contributed by atoms with van der Waals surface area (Å²) in [5.74, 6) is 0.153. The van der Waals surface area contributed by atoms with Crippen molar-refractivity contribution in [3.8, 4) is 5.75 Å². The first kappa shape index (κ1) is 17.2. The van der Waals surface area contributed by atoms with E-state index in [1.165, 1.54) is 6.92 Å². The number of benzene rings is 1. The van der Waals surface area contributed by atoms with Crippen molar-refractivity contribution in [3.05, 3.63) is 29.8 Å². The van der Waals surface area contributed by atoms with Crippen LogP contribution in [0.15, 0.2) is 24.3 Å². The van der Waals surface area contributed by atoms with Gasteiger partial charge < -0.3 is 9.64 Å².